The number of piperazine rings is 1. The van der Waals surface area contributed by atoms with E-state index in [4.69, 9.17) is 9.47 Å². The lowest BCUT2D eigenvalue weighted by atomic mass is 10.0. The summed E-state index contributed by atoms with van der Waals surface area (Å²) in [5, 5.41) is 0. The molecule has 3 aromatic carbocycles. The zero-order valence-electron chi connectivity index (χ0n) is 18.8. The molecule has 0 aromatic heterocycles. The highest BCUT2D eigenvalue weighted by atomic mass is 16.5. The summed E-state index contributed by atoms with van der Waals surface area (Å²) in [6.07, 6.45) is 0. The topological polar surface area (TPSA) is 42.0 Å². The van der Waals surface area contributed by atoms with Crippen LogP contribution in [0.15, 0.2) is 72.8 Å². The third kappa shape index (κ3) is 5.11. The molecule has 0 aliphatic carbocycles. The number of nitrogens with zero attached hydrogens (tertiary/aromatic N) is 2. The van der Waals surface area contributed by atoms with Gasteiger partial charge in [0.25, 0.3) is 5.91 Å². The van der Waals surface area contributed by atoms with E-state index in [1.54, 1.807) is 7.11 Å². The van der Waals surface area contributed by atoms with Crippen molar-refractivity contribution in [2.45, 2.75) is 13.5 Å². The number of hydrogen-bond donors (Lipinski definition) is 0. The molecule has 166 valence electrons. The number of ether oxygens (including phenoxy) is 2. The first-order valence-electron chi connectivity index (χ1n) is 11.1. The van der Waals surface area contributed by atoms with E-state index in [-0.39, 0.29) is 5.91 Å². The summed E-state index contributed by atoms with van der Waals surface area (Å²) in [5.74, 6) is 1.64. The number of amides is 1. The third-order valence-electron chi connectivity index (χ3n) is 5.83. The second-order valence-electron chi connectivity index (χ2n) is 7.93. The average molecular weight is 431 g/mol. The molecule has 1 fully saturated rings. The second kappa shape index (κ2) is 10.3. The molecule has 3 aromatic rings. The summed E-state index contributed by atoms with van der Waals surface area (Å²) < 4.78 is 11.1. The zero-order valence-corrected chi connectivity index (χ0v) is 18.8. The summed E-state index contributed by atoms with van der Waals surface area (Å²) in [6, 6.07) is 24.2. The molecule has 0 saturated carbocycles. The molecule has 1 heterocycles. The quantitative estimate of drug-likeness (QED) is 0.544. The van der Waals surface area contributed by atoms with Gasteiger partial charge in [-0.25, -0.2) is 0 Å². The lowest BCUT2D eigenvalue weighted by molar-refractivity contribution is 0.0628. The normalized spacial score (nSPS) is 14.2. The average Bonchev–Trinajstić information content (AvgIpc) is 2.85. The van der Waals surface area contributed by atoms with Gasteiger partial charge in [0.05, 0.1) is 13.7 Å². The molecule has 0 bridgehead atoms. The molecule has 0 unspecified atom stereocenters. The maximum Gasteiger partial charge on any atom is 0.253 e. The Morgan fingerprint density at radius 1 is 0.844 bits per heavy atom. The van der Waals surface area contributed by atoms with Crippen LogP contribution < -0.4 is 9.47 Å². The van der Waals surface area contributed by atoms with E-state index in [0.29, 0.717) is 6.61 Å². The van der Waals surface area contributed by atoms with Crippen LogP contribution in [0.5, 0.6) is 11.5 Å². The van der Waals surface area contributed by atoms with Gasteiger partial charge in [-0.15, -0.1) is 0 Å². The van der Waals surface area contributed by atoms with E-state index in [0.717, 1.165) is 60.9 Å². The smallest absolute Gasteiger partial charge is 0.253 e. The Bertz CT molecular complexity index is 1030. The van der Waals surface area contributed by atoms with Crippen molar-refractivity contribution >= 4 is 5.91 Å². The highest BCUT2D eigenvalue weighted by molar-refractivity contribution is 5.94. The lowest BCUT2D eigenvalue weighted by Gasteiger charge is -2.35. The summed E-state index contributed by atoms with van der Waals surface area (Å²) >= 11 is 0. The third-order valence-corrected chi connectivity index (χ3v) is 5.83. The van der Waals surface area contributed by atoms with Gasteiger partial charge in [-0.3, -0.25) is 9.69 Å². The molecule has 32 heavy (non-hydrogen) atoms. The monoisotopic (exact) mass is 430 g/mol. The predicted molar refractivity (Wildman–Crippen MR) is 127 cm³/mol. The minimum Gasteiger partial charge on any atom is -0.493 e. The summed E-state index contributed by atoms with van der Waals surface area (Å²) in [4.78, 5) is 17.3. The highest BCUT2D eigenvalue weighted by Gasteiger charge is 2.22. The number of hydrogen-bond acceptors (Lipinski definition) is 4. The van der Waals surface area contributed by atoms with Crippen LogP contribution in [0.25, 0.3) is 11.1 Å². The number of methoxy groups -OCH3 is 1. The van der Waals surface area contributed by atoms with Gasteiger partial charge in [0.15, 0.2) is 11.5 Å². The van der Waals surface area contributed by atoms with Crippen LogP contribution >= 0.6 is 0 Å². The van der Waals surface area contributed by atoms with E-state index in [1.807, 2.05) is 66.4 Å². The Balaban J connectivity index is 1.33. The fraction of sp³-hybridized carbons (Fsp3) is 0.296. The van der Waals surface area contributed by atoms with Gasteiger partial charge in [-0.2, -0.15) is 0 Å². The van der Waals surface area contributed by atoms with Crippen LogP contribution in [-0.2, 0) is 6.54 Å². The van der Waals surface area contributed by atoms with Crippen molar-refractivity contribution in [1.82, 2.24) is 9.80 Å². The fourth-order valence-corrected chi connectivity index (χ4v) is 4.07. The van der Waals surface area contributed by atoms with Crippen molar-refractivity contribution in [2.24, 2.45) is 0 Å². The first-order valence-corrected chi connectivity index (χ1v) is 11.1. The van der Waals surface area contributed by atoms with E-state index in [9.17, 15) is 4.79 Å². The van der Waals surface area contributed by atoms with Gasteiger partial charge in [0.2, 0.25) is 0 Å². The SMILES string of the molecule is CCOc1cc(CN2CCN(C(=O)c3ccc(-c4ccccc4)cc3)CC2)ccc1OC. The van der Waals surface area contributed by atoms with Crippen molar-refractivity contribution in [3.63, 3.8) is 0 Å². The second-order valence-corrected chi connectivity index (χ2v) is 7.93. The van der Waals surface area contributed by atoms with Gasteiger partial charge >= 0.3 is 0 Å². The van der Waals surface area contributed by atoms with Gasteiger partial charge < -0.3 is 14.4 Å². The first-order chi connectivity index (χ1) is 15.7. The van der Waals surface area contributed by atoms with E-state index < -0.39 is 0 Å². The molecular formula is C27H30N2O3. The van der Waals surface area contributed by atoms with E-state index >= 15 is 0 Å². The van der Waals surface area contributed by atoms with Crippen molar-refractivity contribution < 1.29 is 14.3 Å². The van der Waals surface area contributed by atoms with Crippen LogP contribution in [0, 0.1) is 0 Å². The Hall–Kier alpha value is -3.31. The number of benzene rings is 3. The Morgan fingerprint density at radius 2 is 1.53 bits per heavy atom. The van der Waals surface area contributed by atoms with Crippen molar-refractivity contribution in [2.75, 3.05) is 39.9 Å². The van der Waals surface area contributed by atoms with Crippen molar-refractivity contribution in [1.29, 1.82) is 0 Å². The van der Waals surface area contributed by atoms with Crippen LogP contribution in [-0.4, -0.2) is 55.6 Å². The highest BCUT2D eigenvalue weighted by Crippen LogP contribution is 2.28. The number of rotatable bonds is 7. The number of carbonyl (C=O) groups excluding carboxylic acids is 1. The van der Waals surface area contributed by atoms with E-state index in [1.165, 1.54) is 5.56 Å². The van der Waals surface area contributed by atoms with E-state index in [2.05, 4.69) is 23.1 Å². The molecule has 1 aliphatic heterocycles. The summed E-state index contributed by atoms with van der Waals surface area (Å²) in [5.41, 5.74) is 4.21. The predicted octanol–water partition coefficient (Wildman–Crippen LogP) is 4.72. The molecule has 5 heteroatoms. The Morgan fingerprint density at radius 3 is 2.19 bits per heavy atom. The maximum atomic E-state index is 13.0. The first kappa shape index (κ1) is 21.9. The molecule has 0 N–H and O–H groups in total. The Labute approximate surface area is 190 Å². The van der Waals surface area contributed by atoms with Crippen LogP contribution in [0.4, 0.5) is 0 Å². The maximum absolute atomic E-state index is 13.0. The molecule has 1 amide bonds. The Kier molecular flexibility index (Phi) is 7.07. The molecule has 0 atom stereocenters. The van der Waals surface area contributed by atoms with Crippen LogP contribution in [0.3, 0.4) is 0 Å². The van der Waals surface area contributed by atoms with Gasteiger partial charge in [-0.1, -0.05) is 48.5 Å². The molecular weight excluding hydrogens is 400 g/mol. The van der Waals surface area contributed by atoms with Crippen molar-refractivity contribution in [3.8, 4) is 22.6 Å². The van der Waals surface area contributed by atoms with Gasteiger partial charge in [0.1, 0.15) is 0 Å². The largest absolute Gasteiger partial charge is 0.493 e. The molecule has 0 radical (unpaired) electrons. The lowest BCUT2D eigenvalue weighted by Crippen LogP contribution is -2.48. The fourth-order valence-electron chi connectivity index (χ4n) is 4.07. The minimum atomic E-state index is 0.104. The molecule has 1 aliphatic rings. The standard InChI is InChI=1S/C27H30N2O3/c1-3-32-26-19-21(9-14-25(26)31-2)20-28-15-17-29(18-16-28)27(30)24-12-10-23(11-13-24)22-7-5-4-6-8-22/h4-14,19H,3,15-18,20H2,1-2H3. The summed E-state index contributed by atoms with van der Waals surface area (Å²) in [6.45, 7) is 6.57. The zero-order chi connectivity index (χ0) is 22.3. The molecule has 0 spiro atoms. The molecule has 4 rings (SSSR count). The van der Waals surface area contributed by atoms with Gasteiger partial charge in [0, 0.05) is 38.3 Å². The van der Waals surface area contributed by atoms with Crippen LogP contribution in [0.1, 0.15) is 22.8 Å². The summed E-state index contributed by atoms with van der Waals surface area (Å²) in [7, 11) is 1.66. The van der Waals surface area contributed by atoms with Gasteiger partial charge in [-0.05, 0) is 47.9 Å². The molecule has 5 nitrogen and oxygen atoms in total. The number of carbonyl (C=O) groups is 1. The minimum absolute atomic E-state index is 0.104. The van der Waals surface area contributed by atoms with Crippen molar-refractivity contribution in [3.05, 3.63) is 83.9 Å². The van der Waals surface area contributed by atoms with Crippen LogP contribution in [0.2, 0.25) is 0 Å². The molecule has 1 saturated heterocycles.